The predicted molar refractivity (Wildman–Crippen MR) is 128 cm³/mol. The summed E-state index contributed by atoms with van der Waals surface area (Å²) in [6, 6.07) is 22.5. The van der Waals surface area contributed by atoms with Gasteiger partial charge in [0.05, 0.1) is 28.9 Å². The Bertz CT molecular complexity index is 1290. The summed E-state index contributed by atoms with van der Waals surface area (Å²) < 4.78 is 34.3. The lowest BCUT2D eigenvalue weighted by Crippen LogP contribution is -2.24. The van der Waals surface area contributed by atoms with Crippen molar-refractivity contribution in [1.82, 2.24) is 5.01 Å². The maximum Gasteiger partial charge on any atom is 0.261 e. The van der Waals surface area contributed by atoms with Gasteiger partial charge in [0.2, 0.25) is 5.91 Å². The first-order chi connectivity index (χ1) is 15.9. The zero-order chi connectivity index (χ0) is 23.4. The van der Waals surface area contributed by atoms with Crippen LogP contribution in [-0.2, 0) is 14.8 Å². The summed E-state index contributed by atoms with van der Waals surface area (Å²) in [6.45, 7) is 3.87. The number of sulfonamides is 1. The van der Waals surface area contributed by atoms with Gasteiger partial charge in [-0.1, -0.05) is 54.6 Å². The summed E-state index contributed by atoms with van der Waals surface area (Å²) in [6.07, 6.45) is 0.424. The van der Waals surface area contributed by atoms with Crippen molar-refractivity contribution in [2.24, 2.45) is 5.10 Å². The SMILES string of the molecule is CCOc1ccccc1[C@@H]1CC(c2ccccc2NS(=O)(=O)c2ccccc2)=NN1C(C)=O. The lowest BCUT2D eigenvalue weighted by molar-refractivity contribution is -0.130. The van der Waals surface area contributed by atoms with E-state index in [4.69, 9.17) is 4.74 Å². The van der Waals surface area contributed by atoms with E-state index in [1.807, 2.05) is 37.3 Å². The molecule has 0 spiro atoms. The summed E-state index contributed by atoms with van der Waals surface area (Å²) >= 11 is 0. The Balaban J connectivity index is 1.70. The highest BCUT2D eigenvalue weighted by Gasteiger charge is 2.34. The van der Waals surface area contributed by atoms with Crippen molar-refractivity contribution in [2.45, 2.75) is 31.2 Å². The number of nitrogens with zero attached hydrogens (tertiary/aromatic N) is 2. The number of hydrogen-bond acceptors (Lipinski definition) is 5. The number of rotatable bonds is 7. The number of ether oxygens (including phenoxy) is 1. The van der Waals surface area contributed by atoms with E-state index in [0.717, 1.165) is 5.56 Å². The monoisotopic (exact) mass is 463 g/mol. The predicted octanol–water partition coefficient (Wildman–Crippen LogP) is 4.58. The molecular formula is C25H25N3O4S. The zero-order valence-corrected chi connectivity index (χ0v) is 19.2. The van der Waals surface area contributed by atoms with E-state index in [-0.39, 0.29) is 16.8 Å². The standard InChI is InChI=1S/C25H25N3O4S/c1-3-32-25-16-10-8-14-21(25)24-17-23(26-28(24)18(2)29)20-13-7-9-15-22(20)27-33(30,31)19-11-5-4-6-12-19/h4-16,24,27H,3,17H2,1-2H3/t24-/m0/s1. The molecule has 1 aliphatic heterocycles. The van der Waals surface area contributed by atoms with Gasteiger partial charge in [0.15, 0.2) is 0 Å². The van der Waals surface area contributed by atoms with E-state index in [1.54, 1.807) is 36.4 Å². The molecule has 1 heterocycles. The van der Waals surface area contributed by atoms with Gasteiger partial charge in [-0.2, -0.15) is 5.10 Å². The summed E-state index contributed by atoms with van der Waals surface area (Å²) in [5.41, 5.74) is 2.51. The largest absolute Gasteiger partial charge is 0.494 e. The van der Waals surface area contributed by atoms with Crippen molar-refractivity contribution >= 4 is 27.3 Å². The van der Waals surface area contributed by atoms with Gasteiger partial charge in [-0.25, -0.2) is 13.4 Å². The smallest absolute Gasteiger partial charge is 0.261 e. The molecule has 4 rings (SSSR count). The van der Waals surface area contributed by atoms with Gasteiger partial charge in [-0.3, -0.25) is 9.52 Å². The maximum absolute atomic E-state index is 12.9. The van der Waals surface area contributed by atoms with E-state index in [2.05, 4.69) is 9.82 Å². The van der Waals surface area contributed by atoms with E-state index < -0.39 is 10.0 Å². The Hall–Kier alpha value is -3.65. The molecule has 0 saturated carbocycles. The lowest BCUT2D eigenvalue weighted by atomic mass is 9.97. The van der Waals surface area contributed by atoms with Crippen LogP contribution < -0.4 is 9.46 Å². The van der Waals surface area contributed by atoms with Crippen LogP contribution in [0.15, 0.2) is 88.9 Å². The first-order valence-corrected chi connectivity index (χ1v) is 12.2. The first kappa shape index (κ1) is 22.5. The van der Waals surface area contributed by atoms with Crippen molar-refractivity contribution in [3.63, 3.8) is 0 Å². The Labute approximate surface area is 193 Å². The van der Waals surface area contributed by atoms with Gasteiger partial charge in [0.25, 0.3) is 10.0 Å². The van der Waals surface area contributed by atoms with Gasteiger partial charge in [0.1, 0.15) is 5.75 Å². The van der Waals surface area contributed by atoms with E-state index >= 15 is 0 Å². The van der Waals surface area contributed by atoms with E-state index in [9.17, 15) is 13.2 Å². The molecule has 1 aliphatic rings. The quantitative estimate of drug-likeness (QED) is 0.555. The van der Waals surface area contributed by atoms with Gasteiger partial charge in [-0.15, -0.1) is 0 Å². The van der Waals surface area contributed by atoms with Gasteiger partial charge in [0, 0.05) is 24.5 Å². The van der Waals surface area contributed by atoms with Crippen LogP contribution in [0.4, 0.5) is 5.69 Å². The molecule has 0 saturated heterocycles. The molecule has 1 atom stereocenters. The summed E-state index contributed by atoms with van der Waals surface area (Å²) in [4.78, 5) is 12.6. The molecule has 33 heavy (non-hydrogen) atoms. The third kappa shape index (κ3) is 4.75. The summed E-state index contributed by atoms with van der Waals surface area (Å²) in [5.74, 6) is 0.495. The molecule has 0 aromatic heterocycles. The van der Waals surface area contributed by atoms with Crippen LogP contribution in [0.1, 0.15) is 37.4 Å². The van der Waals surface area contributed by atoms with Crippen LogP contribution in [-0.4, -0.2) is 31.7 Å². The topological polar surface area (TPSA) is 88.1 Å². The molecule has 7 nitrogen and oxygen atoms in total. The average Bonchev–Trinajstić information content (AvgIpc) is 3.26. The Kier molecular flexibility index (Phi) is 6.46. The van der Waals surface area contributed by atoms with Crippen LogP contribution in [0.3, 0.4) is 0 Å². The molecule has 0 radical (unpaired) electrons. The zero-order valence-electron chi connectivity index (χ0n) is 18.4. The van der Waals surface area contributed by atoms with Crippen LogP contribution in [0, 0.1) is 0 Å². The maximum atomic E-state index is 12.9. The Morgan fingerprint density at radius 2 is 1.70 bits per heavy atom. The molecule has 8 heteroatoms. The van der Waals surface area contributed by atoms with Crippen molar-refractivity contribution in [3.05, 3.63) is 90.0 Å². The fourth-order valence-electron chi connectivity index (χ4n) is 3.88. The molecule has 0 aliphatic carbocycles. The first-order valence-electron chi connectivity index (χ1n) is 10.7. The van der Waals surface area contributed by atoms with Crippen molar-refractivity contribution in [2.75, 3.05) is 11.3 Å². The van der Waals surface area contributed by atoms with Crippen LogP contribution in [0.5, 0.6) is 5.75 Å². The van der Waals surface area contributed by atoms with Crippen molar-refractivity contribution < 1.29 is 17.9 Å². The number of nitrogens with one attached hydrogen (secondary N) is 1. The van der Waals surface area contributed by atoms with Gasteiger partial charge < -0.3 is 4.74 Å². The number of carbonyl (C=O) groups is 1. The van der Waals surface area contributed by atoms with E-state index in [0.29, 0.717) is 35.7 Å². The third-order valence-electron chi connectivity index (χ3n) is 5.35. The highest BCUT2D eigenvalue weighted by molar-refractivity contribution is 7.92. The van der Waals surface area contributed by atoms with E-state index in [1.165, 1.54) is 24.1 Å². The molecule has 0 unspecified atom stereocenters. The van der Waals surface area contributed by atoms with Gasteiger partial charge >= 0.3 is 0 Å². The fraction of sp³-hybridized carbons (Fsp3) is 0.200. The number of para-hydroxylation sites is 2. The molecule has 0 fully saturated rings. The fourth-order valence-corrected chi connectivity index (χ4v) is 4.98. The minimum absolute atomic E-state index is 0.169. The number of hydrazone groups is 1. The number of anilines is 1. The molecule has 3 aromatic carbocycles. The normalized spacial score (nSPS) is 15.8. The van der Waals surface area contributed by atoms with Crippen molar-refractivity contribution in [1.29, 1.82) is 0 Å². The molecule has 1 amide bonds. The second-order valence-electron chi connectivity index (χ2n) is 7.57. The number of benzene rings is 3. The number of amides is 1. The second-order valence-corrected chi connectivity index (χ2v) is 9.25. The van der Waals surface area contributed by atoms with Gasteiger partial charge in [-0.05, 0) is 31.2 Å². The van der Waals surface area contributed by atoms with Crippen LogP contribution in [0.2, 0.25) is 0 Å². The molecule has 170 valence electrons. The minimum Gasteiger partial charge on any atom is -0.494 e. The van der Waals surface area contributed by atoms with Crippen LogP contribution >= 0.6 is 0 Å². The Morgan fingerprint density at radius 1 is 1.03 bits per heavy atom. The second kappa shape index (κ2) is 9.46. The lowest BCUT2D eigenvalue weighted by Gasteiger charge is -2.22. The third-order valence-corrected chi connectivity index (χ3v) is 6.73. The average molecular weight is 464 g/mol. The summed E-state index contributed by atoms with van der Waals surface area (Å²) in [5, 5.41) is 6.03. The molecule has 0 bridgehead atoms. The molecular weight excluding hydrogens is 438 g/mol. The highest BCUT2D eigenvalue weighted by Crippen LogP contribution is 2.38. The highest BCUT2D eigenvalue weighted by atomic mass is 32.2. The number of carbonyl (C=O) groups excluding carboxylic acids is 1. The number of hydrogen-bond donors (Lipinski definition) is 1. The van der Waals surface area contributed by atoms with Crippen molar-refractivity contribution in [3.8, 4) is 5.75 Å². The summed E-state index contributed by atoms with van der Waals surface area (Å²) in [7, 11) is -3.78. The Morgan fingerprint density at radius 3 is 2.42 bits per heavy atom. The minimum atomic E-state index is -3.78. The van der Waals surface area contributed by atoms with Crippen LogP contribution in [0.25, 0.3) is 0 Å². The molecule has 1 N–H and O–H groups in total. The molecule has 3 aromatic rings.